The summed E-state index contributed by atoms with van der Waals surface area (Å²) in [6.45, 7) is 6.59. The Morgan fingerprint density at radius 3 is 2.80 bits per heavy atom. The number of aromatic nitrogens is 1. The Morgan fingerprint density at radius 2 is 2.07 bits per heavy atom. The van der Waals surface area contributed by atoms with E-state index >= 15 is 0 Å². The maximum atomic E-state index is 5.65. The third kappa shape index (κ3) is 2.81. The Hall–Kier alpha value is -0.840. The number of nitrogens with zero attached hydrogens (tertiary/aromatic N) is 2. The van der Waals surface area contributed by atoms with Crippen molar-refractivity contribution in [2.24, 2.45) is 5.73 Å². The summed E-state index contributed by atoms with van der Waals surface area (Å²) in [5.74, 6) is 0. The maximum Gasteiger partial charge on any atom is 0.0594 e. The van der Waals surface area contributed by atoms with E-state index in [0.29, 0.717) is 6.54 Å². The second-order valence-electron chi connectivity index (χ2n) is 3.85. The standard InChI is InChI=1S/C11H19N3O/c12-10-11-2-1-3-14(11)5-4-13-6-8-15-9-7-13/h1-3H,4-10,12H2. The van der Waals surface area contributed by atoms with Gasteiger partial charge in [-0.3, -0.25) is 4.90 Å². The minimum absolute atomic E-state index is 0.621. The highest BCUT2D eigenvalue weighted by atomic mass is 16.5. The quantitative estimate of drug-likeness (QED) is 0.774. The fourth-order valence-electron chi connectivity index (χ4n) is 1.93. The van der Waals surface area contributed by atoms with E-state index in [2.05, 4.69) is 27.8 Å². The van der Waals surface area contributed by atoms with E-state index in [4.69, 9.17) is 10.5 Å². The summed E-state index contributed by atoms with van der Waals surface area (Å²) >= 11 is 0. The monoisotopic (exact) mass is 209 g/mol. The highest BCUT2D eigenvalue weighted by molar-refractivity contribution is 5.06. The van der Waals surface area contributed by atoms with E-state index in [-0.39, 0.29) is 0 Å². The van der Waals surface area contributed by atoms with Crippen LogP contribution in [0.15, 0.2) is 18.3 Å². The molecule has 0 aliphatic carbocycles. The molecule has 1 aromatic rings. The van der Waals surface area contributed by atoms with E-state index in [1.54, 1.807) is 0 Å². The molecule has 4 heteroatoms. The highest BCUT2D eigenvalue weighted by Gasteiger charge is 2.09. The minimum atomic E-state index is 0.621. The smallest absolute Gasteiger partial charge is 0.0594 e. The van der Waals surface area contributed by atoms with Gasteiger partial charge in [-0.05, 0) is 12.1 Å². The number of hydrogen-bond acceptors (Lipinski definition) is 3. The summed E-state index contributed by atoms with van der Waals surface area (Å²) in [7, 11) is 0. The number of morpholine rings is 1. The molecule has 1 aromatic heterocycles. The zero-order valence-corrected chi connectivity index (χ0v) is 9.06. The molecule has 0 amide bonds. The van der Waals surface area contributed by atoms with E-state index < -0.39 is 0 Å². The van der Waals surface area contributed by atoms with Gasteiger partial charge in [0.2, 0.25) is 0 Å². The van der Waals surface area contributed by atoms with Gasteiger partial charge >= 0.3 is 0 Å². The second-order valence-corrected chi connectivity index (χ2v) is 3.85. The van der Waals surface area contributed by atoms with Crippen LogP contribution in [0.4, 0.5) is 0 Å². The Labute approximate surface area is 90.6 Å². The van der Waals surface area contributed by atoms with E-state index in [9.17, 15) is 0 Å². The molecule has 84 valence electrons. The molecule has 1 aliphatic heterocycles. The van der Waals surface area contributed by atoms with Crippen LogP contribution in [0.25, 0.3) is 0 Å². The van der Waals surface area contributed by atoms with Crippen molar-refractivity contribution in [1.29, 1.82) is 0 Å². The van der Waals surface area contributed by atoms with Crippen molar-refractivity contribution in [2.45, 2.75) is 13.1 Å². The molecule has 4 nitrogen and oxygen atoms in total. The summed E-state index contributed by atoms with van der Waals surface area (Å²) in [6, 6.07) is 4.14. The Bertz CT molecular complexity index is 292. The first-order valence-electron chi connectivity index (χ1n) is 5.54. The normalized spacial score (nSPS) is 18.2. The predicted octanol–water partition coefficient (Wildman–Crippen LogP) is 0.279. The summed E-state index contributed by atoms with van der Waals surface area (Å²) in [5, 5.41) is 0. The topological polar surface area (TPSA) is 43.4 Å². The fourth-order valence-corrected chi connectivity index (χ4v) is 1.93. The number of hydrogen-bond donors (Lipinski definition) is 1. The van der Waals surface area contributed by atoms with Crippen molar-refractivity contribution in [1.82, 2.24) is 9.47 Å². The summed E-state index contributed by atoms with van der Waals surface area (Å²) in [6.07, 6.45) is 2.10. The van der Waals surface area contributed by atoms with Gasteiger partial charge in [0.05, 0.1) is 13.2 Å². The molecule has 1 fully saturated rings. The minimum Gasteiger partial charge on any atom is -0.379 e. The lowest BCUT2D eigenvalue weighted by Gasteiger charge is -2.26. The predicted molar refractivity (Wildman–Crippen MR) is 59.6 cm³/mol. The van der Waals surface area contributed by atoms with E-state index in [0.717, 1.165) is 39.4 Å². The lowest BCUT2D eigenvalue weighted by molar-refractivity contribution is 0.0363. The molecule has 15 heavy (non-hydrogen) atoms. The molecule has 0 bridgehead atoms. The first-order valence-corrected chi connectivity index (χ1v) is 5.54. The molecule has 0 unspecified atom stereocenters. The summed E-state index contributed by atoms with van der Waals surface area (Å²) < 4.78 is 7.54. The van der Waals surface area contributed by atoms with Gasteiger partial charge < -0.3 is 15.0 Å². The third-order valence-electron chi connectivity index (χ3n) is 2.89. The molecule has 2 rings (SSSR count). The van der Waals surface area contributed by atoms with Gasteiger partial charge in [0, 0.05) is 44.6 Å². The number of rotatable bonds is 4. The molecule has 1 aliphatic rings. The second kappa shape index (κ2) is 5.30. The van der Waals surface area contributed by atoms with Crippen molar-refractivity contribution in [2.75, 3.05) is 32.8 Å². The van der Waals surface area contributed by atoms with Crippen LogP contribution in [0.5, 0.6) is 0 Å². The van der Waals surface area contributed by atoms with Crippen LogP contribution < -0.4 is 5.73 Å². The van der Waals surface area contributed by atoms with Crippen molar-refractivity contribution >= 4 is 0 Å². The molecular formula is C11H19N3O. The fraction of sp³-hybridized carbons (Fsp3) is 0.636. The molecule has 2 heterocycles. The van der Waals surface area contributed by atoms with Crippen LogP contribution in [0.3, 0.4) is 0 Å². The molecule has 0 saturated carbocycles. The Kier molecular flexibility index (Phi) is 3.77. The van der Waals surface area contributed by atoms with Gasteiger partial charge in [0.25, 0.3) is 0 Å². The van der Waals surface area contributed by atoms with Crippen molar-refractivity contribution < 1.29 is 4.74 Å². The summed E-state index contributed by atoms with van der Waals surface area (Å²) in [4.78, 5) is 2.43. The average Bonchev–Trinajstić information content (AvgIpc) is 2.75. The van der Waals surface area contributed by atoms with Crippen molar-refractivity contribution in [3.05, 3.63) is 24.0 Å². The molecular weight excluding hydrogens is 190 g/mol. The molecule has 2 N–H and O–H groups in total. The largest absolute Gasteiger partial charge is 0.379 e. The Balaban J connectivity index is 1.81. The maximum absolute atomic E-state index is 5.65. The van der Waals surface area contributed by atoms with E-state index in [1.165, 1.54) is 5.69 Å². The first-order chi connectivity index (χ1) is 7.40. The van der Waals surface area contributed by atoms with Gasteiger partial charge in [0.15, 0.2) is 0 Å². The molecule has 0 atom stereocenters. The Morgan fingerprint density at radius 1 is 1.27 bits per heavy atom. The van der Waals surface area contributed by atoms with Crippen LogP contribution in [-0.2, 0) is 17.8 Å². The SMILES string of the molecule is NCc1cccn1CCN1CCOCC1. The third-order valence-corrected chi connectivity index (χ3v) is 2.89. The lowest BCUT2D eigenvalue weighted by Crippen LogP contribution is -2.38. The molecule has 0 aromatic carbocycles. The average molecular weight is 209 g/mol. The van der Waals surface area contributed by atoms with Gasteiger partial charge in [0.1, 0.15) is 0 Å². The van der Waals surface area contributed by atoms with Crippen molar-refractivity contribution in [3.8, 4) is 0 Å². The van der Waals surface area contributed by atoms with Crippen LogP contribution in [0, 0.1) is 0 Å². The molecule has 0 radical (unpaired) electrons. The van der Waals surface area contributed by atoms with Crippen LogP contribution >= 0.6 is 0 Å². The summed E-state index contributed by atoms with van der Waals surface area (Å²) in [5.41, 5.74) is 6.86. The van der Waals surface area contributed by atoms with E-state index in [1.807, 2.05) is 0 Å². The van der Waals surface area contributed by atoms with Crippen LogP contribution in [0.2, 0.25) is 0 Å². The zero-order valence-electron chi connectivity index (χ0n) is 9.06. The zero-order chi connectivity index (χ0) is 10.5. The highest BCUT2D eigenvalue weighted by Crippen LogP contribution is 2.03. The van der Waals surface area contributed by atoms with Crippen LogP contribution in [0.1, 0.15) is 5.69 Å². The first kappa shape index (κ1) is 10.7. The van der Waals surface area contributed by atoms with Gasteiger partial charge in [-0.1, -0.05) is 0 Å². The van der Waals surface area contributed by atoms with Crippen LogP contribution in [-0.4, -0.2) is 42.3 Å². The number of ether oxygens (including phenoxy) is 1. The van der Waals surface area contributed by atoms with Gasteiger partial charge in [-0.2, -0.15) is 0 Å². The number of nitrogens with two attached hydrogens (primary N) is 1. The van der Waals surface area contributed by atoms with Crippen molar-refractivity contribution in [3.63, 3.8) is 0 Å². The van der Waals surface area contributed by atoms with Gasteiger partial charge in [-0.15, -0.1) is 0 Å². The molecule has 1 saturated heterocycles. The van der Waals surface area contributed by atoms with Gasteiger partial charge in [-0.25, -0.2) is 0 Å². The lowest BCUT2D eigenvalue weighted by atomic mass is 10.4. The molecule has 0 spiro atoms.